The fraction of sp³-hybridized carbons (Fsp3) is 0.733. The Bertz CT molecular complexity index is 331. The fourth-order valence-electron chi connectivity index (χ4n) is 1.49. The van der Waals surface area contributed by atoms with Crippen LogP contribution in [0.4, 0.5) is 4.79 Å². The van der Waals surface area contributed by atoms with Gasteiger partial charge in [-0.2, -0.15) is 0 Å². The number of hydrogen-bond donors (Lipinski definition) is 1. The number of nitrogens with one attached hydrogen (secondary N) is 1. The van der Waals surface area contributed by atoms with Gasteiger partial charge in [0.2, 0.25) is 0 Å². The van der Waals surface area contributed by atoms with E-state index in [2.05, 4.69) is 17.0 Å². The van der Waals surface area contributed by atoms with E-state index in [0.717, 1.165) is 25.7 Å². The summed E-state index contributed by atoms with van der Waals surface area (Å²) < 4.78 is 9.78. The molecule has 5 nitrogen and oxygen atoms in total. The Labute approximate surface area is 121 Å². The number of allylic oxidation sites excluding steroid dienone is 1. The van der Waals surface area contributed by atoms with E-state index >= 15 is 0 Å². The third-order valence-electron chi connectivity index (χ3n) is 2.43. The lowest BCUT2D eigenvalue weighted by Gasteiger charge is -2.21. The summed E-state index contributed by atoms with van der Waals surface area (Å²) in [6, 6.07) is -0.809. The molecule has 1 N–H and O–H groups in total. The zero-order valence-corrected chi connectivity index (χ0v) is 13.2. The van der Waals surface area contributed by atoms with Crippen molar-refractivity contribution in [1.82, 2.24) is 5.32 Å². The third-order valence-corrected chi connectivity index (χ3v) is 2.43. The van der Waals surface area contributed by atoms with Crippen LogP contribution in [0.25, 0.3) is 0 Å². The van der Waals surface area contributed by atoms with E-state index < -0.39 is 23.7 Å². The quantitative estimate of drug-likeness (QED) is 0.443. The number of esters is 1. The minimum Gasteiger partial charge on any atom is -0.467 e. The van der Waals surface area contributed by atoms with Gasteiger partial charge in [0.15, 0.2) is 0 Å². The molecule has 20 heavy (non-hydrogen) atoms. The van der Waals surface area contributed by atoms with Gasteiger partial charge in [-0.3, -0.25) is 0 Å². The van der Waals surface area contributed by atoms with Crippen molar-refractivity contribution in [3.63, 3.8) is 0 Å². The van der Waals surface area contributed by atoms with Crippen molar-refractivity contribution >= 4 is 12.1 Å². The topological polar surface area (TPSA) is 64.6 Å². The second-order valence-electron chi connectivity index (χ2n) is 5.57. The van der Waals surface area contributed by atoms with Gasteiger partial charge in [-0.15, -0.1) is 0 Å². The number of amides is 1. The van der Waals surface area contributed by atoms with Crippen LogP contribution in [-0.2, 0) is 14.3 Å². The molecule has 0 radical (unpaired) electrons. The SMILES string of the molecule is CCCCC/C=C/C(NC(=O)OC(C)(C)C)C(=O)OC. The summed E-state index contributed by atoms with van der Waals surface area (Å²) in [5, 5.41) is 2.49. The molecule has 1 unspecified atom stereocenters. The van der Waals surface area contributed by atoms with Crippen LogP contribution in [0.2, 0.25) is 0 Å². The molecular formula is C15H27NO4. The van der Waals surface area contributed by atoms with Crippen LogP contribution in [-0.4, -0.2) is 30.8 Å². The molecule has 0 aliphatic carbocycles. The van der Waals surface area contributed by atoms with Crippen molar-refractivity contribution in [3.8, 4) is 0 Å². The number of rotatable bonds is 7. The van der Waals surface area contributed by atoms with E-state index in [0.29, 0.717) is 0 Å². The fourth-order valence-corrected chi connectivity index (χ4v) is 1.49. The Morgan fingerprint density at radius 1 is 1.25 bits per heavy atom. The predicted octanol–water partition coefficient (Wildman–Crippen LogP) is 3.19. The first-order valence-electron chi connectivity index (χ1n) is 7.04. The number of alkyl carbamates (subject to hydrolysis) is 1. The summed E-state index contributed by atoms with van der Waals surface area (Å²) in [4.78, 5) is 23.2. The van der Waals surface area contributed by atoms with Crippen LogP contribution in [0, 0.1) is 0 Å². The van der Waals surface area contributed by atoms with Crippen LogP contribution in [0.5, 0.6) is 0 Å². The highest BCUT2D eigenvalue weighted by molar-refractivity contribution is 5.83. The van der Waals surface area contributed by atoms with Crippen molar-refractivity contribution in [1.29, 1.82) is 0 Å². The molecule has 0 aromatic rings. The maximum absolute atomic E-state index is 11.6. The smallest absolute Gasteiger partial charge is 0.408 e. The van der Waals surface area contributed by atoms with Gasteiger partial charge >= 0.3 is 12.1 Å². The Morgan fingerprint density at radius 2 is 1.90 bits per heavy atom. The Morgan fingerprint density at radius 3 is 2.40 bits per heavy atom. The number of ether oxygens (including phenoxy) is 2. The second kappa shape index (κ2) is 9.39. The van der Waals surface area contributed by atoms with Crippen molar-refractivity contribution in [3.05, 3.63) is 12.2 Å². The molecule has 0 aliphatic heterocycles. The van der Waals surface area contributed by atoms with Crippen molar-refractivity contribution in [2.24, 2.45) is 0 Å². The van der Waals surface area contributed by atoms with Gasteiger partial charge in [0, 0.05) is 0 Å². The monoisotopic (exact) mass is 285 g/mol. The van der Waals surface area contributed by atoms with Crippen LogP contribution >= 0.6 is 0 Å². The maximum Gasteiger partial charge on any atom is 0.408 e. The van der Waals surface area contributed by atoms with E-state index in [-0.39, 0.29) is 0 Å². The molecule has 0 saturated carbocycles. The molecule has 0 saturated heterocycles. The lowest BCUT2D eigenvalue weighted by atomic mass is 10.1. The summed E-state index contributed by atoms with van der Waals surface area (Å²) in [5.41, 5.74) is -0.602. The Balaban J connectivity index is 4.42. The van der Waals surface area contributed by atoms with E-state index in [1.54, 1.807) is 26.8 Å². The lowest BCUT2D eigenvalue weighted by molar-refractivity contribution is -0.141. The standard InChI is InChI=1S/C15H27NO4/c1-6-7-8-9-10-11-12(13(17)19-5)16-14(18)20-15(2,3)4/h10-12H,6-9H2,1-5H3,(H,16,18)/b11-10+. The van der Waals surface area contributed by atoms with Crippen molar-refractivity contribution in [2.75, 3.05) is 7.11 Å². The largest absolute Gasteiger partial charge is 0.467 e. The molecule has 1 atom stereocenters. The average molecular weight is 285 g/mol. The van der Waals surface area contributed by atoms with Crippen LogP contribution < -0.4 is 5.32 Å². The van der Waals surface area contributed by atoms with Gasteiger partial charge in [-0.05, 0) is 33.6 Å². The molecule has 0 aromatic carbocycles. The molecule has 0 heterocycles. The molecule has 116 valence electrons. The maximum atomic E-state index is 11.6. The number of hydrogen-bond acceptors (Lipinski definition) is 4. The molecule has 1 amide bonds. The van der Waals surface area contributed by atoms with E-state index in [4.69, 9.17) is 4.74 Å². The Kier molecular flexibility index (Phi) is 8.68. The number of carbonyl (C=O) groups is 2. The highest BCUT2D eigenvalue weighted by atomic mass is 16.6. The van der Waals surface area contributed by atoms with Gasteiger partial charge in [0.05, 0.1) is 7.11 Å². The van der Waals surface area contributed by atoms with Crippen LogP contribution in [0.3, 0.4) is 0 Å². The minimum atomic E-state index is -0.809. The molecule has 0 aliphatic rings. The number of carbonyl (C=O) groups excluding carboxylic acids is 2. The highest BCUT2D eigenvalue weighted by Crippen LogP contribution is 2.07. The predicted molar refractivity (Wildman–Crippen MR) is 78.5 cm³/mol. The summed E-state index contributed by atoms with van der Waals surface area (Å²) >= 11 is 0. The van der Waals surface area contributed by atoms with E-state index in [1.807, 2.05) is 6.08 Å². The average Bonchev–Trinajstić information content (AvgIpc) is 2.34. The normalized spacial score (nSPS) is 13.1. The van der Waals surface area contributed by atoms with Gasteiger partial charge in [0.1, 0.15) is 11.6 Å². The van der Waals surface area contributed by atoms with Gasteiger partial charge < -0.3 is 14.8 Å². The first kappa shape index (κ1) is 18.5. The first-order chi connectivity index (χ1) is 9.30. The van der Waals surface area contributed by atoms with Crippen molar-refractivity contribution in [2.45, 2.75) is 65.0 Å². The first-order valence-corrected chi connectivity index (χ1v) is 7.04. The zero-order valence-electron chi connectivity index (χ0n) is 13.2. The summed E-state index contributed by atoms with van der Waals surface area (Å²) in [6.07, 6.45) is 7.12. The van der Waals surface area contributed by atoms with Crippen LogP contribution in [0.1, 0.15) is 53.4 Å². The van der Waals surface area contributed by atoms with Gasteiger partial charge in [-0.25, -0.2) is 9.59 Å². The van der Waals surface area contributed by atoms with Gasteiger partial charge in [0.25, 0.3) is 0 Å². The minimum absolute atomic E-state index is 0.511. The molecule has 0 spiro atoms. The molecule has 0 fully saturated rings. The summed E-state index contributed by atoms with van der Waals surface area (Å²) in [7, 11) is 1.29. The summed E-state index contributed by atoms with van der Waals surface area (Å²) in [5.74, 6) is -0.511. The lowest BCUT2D eigenvalue weighted by Crippen LogP contribution is -2.42. The third kappa shape index (κ3) is 9.42. The molecule has 0 aromatic heterocycles. The van der Waals surface area contributed by atoms with Gasteiger partial charge in [-0.1, -0.05) is 31.9 Å². The molecular weight excluding hydrogens is 258 g/mol. The zero-order chi connectivity index (χ0) is 15.6. The van der Waals surface area contributed by atoms with Crippen LogP contribution in [0.15, 0.2) is 12.2 Å². The number of methoxy groups -OCH3 is 1. The molecule has 0 bridgehead atoms. The van der Waals surface area contributed by atoms with E-state index in [9.17, 15) is 9.59 Å². The number of unbranched alkanes of at least 4 members (excludes halogenated alkanes) is 3. The summed E-state index contributed by atoms with van der Waals surface area (Å²) in [6.45, 7) is 7.42. The molecule has 5 heteroatoms. The highest BCUT2D eigenvalue weighted by Gasteiger charge is 2.22. The second-order valence-corrected chi connectivity index (χ2v) is 5.57. The van der Waals surface area contributed by atoms with E-state index in [1.165, 1.54) is 7.11 Å². The molecule has 0 rings (SSSR count). The van der Waals surface area contributed by atoms with Crippen molar-refractivity contribution < 1.29 is 19.1 Å². The Hall–Kier alpha value is -1.52.